The highest BCUT2D eigenvalue weighted by molar-refractivity contribution is 5.90. The Balaban J connectivity index is 1.60. The van der Waals surface area contributed by atoms with Crippen molar-refractivity contribution >= 4 is 17.4 Å². The molecule has 4 nitrogen and oxygen atoms in total. The van der Waals surface area contributed by atoms with Crippen LogP contribution in [0.25, 0.3) is 0 Å². The van der Waals surface area contributed by atoms with E-state index in [1.807, 2.05) is 36.1 Å². The first kappa shape index (κ1) is 17.2. The Morgan fingerprint density at radius 1 is 1.04 bits per heavy atom. The molecule has 1 aliphatic rings. The van der Waals surface area contributed by atoms with E-state index in [4.69, 9.17) is 0 Å². The van der Waals surface area contributed by atoms with Crippen molar-refractivity contribution in [1.82, 2.24) is 4.90 Å². The summed E-state index contributed by atoms with van der Waals surface area (Å²) in [5.41, 5.74) is 2.56. The van der Waals surface area contributed by atoms with E-state index in [1.165, 1.54) is 6.07 Å². The van der Waals surface area contributed by atoms with Crippen molar-refractivity contribution in [2.45, 2.75) is 13.3 Å². The van der Waals surface area contributed by atoms with Crippen molar-refractivity contribution in [3.05, 3.63) is 59.7 Å². The summed E-state index contributed by atoms with van der Waals surface area (Å²) in [7, 11) is 0. The minimum Gasteiger partial charge on any atom is -0.368 e. The van der Waals surface area contributed by atoms with Gasteiger partial charge >= 0.3 is 6.03 Å². The van der Waals surface area contributed by atoms with Crippen LogP contribution in [0, 0.1) is 11.6 Å². The van der Waals surface area contributed by atoms with Crippen LogP contribution in [-0.4, -0.2) is 37.1 Å². The summed E-state index contributed by atoms with van der Waals surface area (Å²) < 4.78 is 26.4. The van der Waals surface area contributed by atoms with Crippen LogP contribution >= 0.6 is 0 Å². The molecule has 1 saturated heterocycles. The number of urea groups is 1. The largest absolute Gasteiger partial charge is 0.368 e. The standard InChI is InChI=1S/C19H21F2N3O/c1-2-14-5-3-4-6-18(14)22-19(25)24-11-9-23(10-12-24)15-7-8-16(20)17(21)13-15/h3-8,13H,2,9-12H2,1H3,(H,22,25). The lowest BCUT2D eigenvalue weighted by Crippen LogP contribution is -2.50. The molecule has 0 saturated carbocycles. The molecule has 2 amide bonds. The van der Waals surface area contributed by atoms with E-state index in [-0.39, 0.29) is 6.03 Å². The van der Waals surface area contributed by atoms with Crippen molar-refractivity contribution in [2.75, 3.05) is 36.4 Å². The summed E-state index contributed by atoms with van der Waals surface area (Å²) in [6, 6.07) is 11.5. The zero-order valence-electron chi connectivity index (χ0n) is 14.1. The van der Waals surface area contributed by atoms with E-state index in [9.17, 15) is 13.6 Å². The number of benzene rings is 2. The lowest BCUT2D eigenvalue weighted by atomic mass is 10.1. The molecule has 0 aliphatic carbocycles. The zero-order valence-corrected chi connectivity index (χ0v) is 14.1. The first-order chi connectivity index (χ1) is 12.1. The predicted molar refractivity (Wildman–Crippen MR) is 95.0 cm³/mol. The van der Waals surface area contributed by atoms with Crippen molar-refractivity contribution in [3.8, 4) is 0 Å². The molecule has 1 heterocycles. The van der Waals surface area contributed by atoms with Gasteiger partial charge in [-0.05, 0) is 30.2 Å². The fraction of sp³-hybridized carbons (Fsp3) is 0.316. The van der Waals surface area contributed by atoms with Crippen LogP contribution in [-0.2, 0) is 6.42 Å². The number of nitrogens with one attached hydrogen (secondary N) is 1. The Kier molecular flexibility index (Phi) is 5.16. The van der Waals surface area contributed by atoms with Gasteiger partial charge in [0.2, 0.25) is 0 Å². The molecule has 0 bridgehead atoms. The molecule has 2 aromatic rings. The number of nitrogens with zero attached hydrogens (tertiary/aromatic N) is 2. The number of piperazine rings is 1. The molecular formula is C19H21F2N3O. The molecular weight excluding hydrogens is 324 g/mol. The first-order valence-electron chi connectivity index (χ1n) is 8.42. The highest BCUT2D eigenvalue weighted by Crippen LogP contribution is 2.20. The lowest BCUT2D eigenvalue weighted by Gasteiger charge is -2.36. The molecule has 3 rings (SSSR count). The summed E-state index contributed by atoms with van der Waals surface area (Å²) in [5.74, 6) is -1.70. The minimum absolute atomic E-state index is 0.133. The number of hydrogen-bond donors (Lipinski definition) is 1. The van der Waals surface area contributed by atoms with Crippen LogP contribution in [0.1, 0.15) is 12.5 Å². The summed E-state index contributed by atoms with van der Waals surface area (Å²) in [4.78, 5) is 16.2. The van der Waals surface area contributed by atoms with Gasteiger partial charge in [0.15, 0.2) is 11.6 Å². The highest BCUT2D eigenvalue weighted by Gasteiger charge is 2.22. The summed E-state index contributed by atoms with van der Waals surface area (Å²) in [5, 5.41) is 2.96. The Morgan fingerprint density at radius 3 is 2.44 bits per heavy atom. The average Bonchev–Trinajstić information content (AvgIpc) is 2.64. The van der Waals surface area contributed by atoms with Crippen molar-refractivity contribution < 1.29 is 13.6 Å². The Bertz CT molecular complexity index is 758. The molecule has 0 radical (unpaired) electrons. The number of carbonyl (C=O) groups is 1. The van der Waals surface area contributed by atoms with E-state index >= 15 is 0 Å². The summed E-state index contributed by atoms with van der Waals surface area (Å²) in [6.45, 7) is 4.26. The van der Waals surface area contributed by atoms with E-state index in [0.29, 0.717) is 31.9 Å². The van der Waals surface area contributed by atoms with Crippen LogP contribution in [0.3, 0.4) is 0 Å². The Morgan fingerprint density at radius 2 is 1.76 bits per heavy atom. The number of aryl methyl sites for hydroxylation is 1. The smallest absolute Gasteiger partial charge is 0.321 e. The second-order valence-electron chi connectivity index (χ2n) is 6.01. The number of rotatable bonds is 3. The van der Waals surface area contributed by atoms with Crippen LogP contribution in [0.15, 0.2) is 42.5 Å². The average molecular weight is 345 g/mol. The maximum atomic E-state index is 13.4. The molecule has 25 heavy (non-hydrogen) atoms. The molecule has 1 fully saturated rings. The third-order valence-electron chi connectivity index (χ3n) is 4.48. The van der Waals surface area contributed by atoms with Gasteiger partial charge in [-0.15, -0.1) is 0 Å². The fourth-order valence-corrected chi connectivity index (χ4v) is 2.99. The topological polar surface area (TPSA) is 35.6 Å². The monoisotopic (exact) mass is 345 g/mol. The van der Waals surface area contributed by atoms with Gasteiger partial charge in [-0.2, -0.15) is 0 Å². The van der Waals surface area contributed by atoms with Crippen molar-refractivity contribution in [3.63, 3.8) is 0 Å². The Labute approximate surface area is 146 Å². The third-order valence-corrected chi connectivity index (χ3v) is 4.48. The van der Waals surface area contributed by atoms with Gasteiger partial charge in [-0.3, -0.25) is 0 Å². The number of hydrogen-bond acceptors (Lipinski definition) is 2. The summed E-state index contributed by atoms with van der Waals surface area (Å²) >= 11 is 0. The van der Waals surface area contributed by atoms with Crippen LogP contribution in [0.5, 0.6) is 0 Å². The number of amides is 2. The van der Waals surface area contributed by atoms with Gasteiger partial charge in [0.05, 0.1) is 0 Å². The quantitative estimate of drug-likeness (QED) is 0.916. The Hall–Kier alpha value is -2.63. The van der Waals surface area contributed by atoms with Crippen LogP contribution in [0.2, 0.25) is 0 Å². The number of carbonyl (C=O) groups excluding carboxylic acids is 1. The van der Waals surface area contributed by atoms with E-state index in [2.05, 4.69) is 5.32 Å². The molecule has 0 aromatic heterocycles. The SMILES string of the molecule is CCc1ccccc1NC(=O)N1CCN(c2ccc(F)c(F)c2)CC1. The normalized spacial score (nSPS) is 14.5. The maximum Gasteiger partial charge on any atom is 0.321 e. The number of para-hydroxylation sites is 1. The molecule has 0 atom stereocenters. The van der Waals surface area contributed by atoms with Gasteiger partial charge in [-0.25, -0.2) is 13.6 Å². The molecule has 6 heteroatoms. The number of anilines is 2. The van der Waals surface area contributed by atoms with E-state index in [0.717, 1.165) is 23.7 Å². The van der Waals surface area contributed by atoms with Gasteiger partial charge < -0.3 is 15.1 Å². The van der Waals surface area contributed by atoms with Crippen molar-refractivity contribution in [1.29, 1.82) is 0 Å². The molecule has 0 spiro atoms. The first-order valence-corrected chi connectivity index (χ1v) is 8.42. The van der Waals surface area contributed by atoms with E-state index < -0.39 is 11.6 Å². The highest BCUT2D eigenvalue weighted by atomic mass is 19.2. The van der Waals surface area contributed by atoms with Gasteiger partial charge in [0, 0.05) is 43.6 Å². The molecule has 2 aromatic carbocycles. The minimum atomic E-state index is -0.853. The molecule has 1 aliphatic heterocycles. The zero-order chi connectivity index (χ0) is 17.8. The van der Waals surface area contributed by atoms with E-state index in [1.54, 1.807) is 11.0 Å². The second kappa shape index (κ2) is 7.51. The molecule has 1 N–H and O–H groups in total. The third kappa shape index (κ3) is 3.90. The molecule has 132 valence electrons. The van der Waals surface area contributed by atoms with Crippen LogP contribution in [0.4, 0.5) is 25.0 Å². The van der Waals surface area contributed by atoms with Gasteiger partial charge in [-0.1, -0.05) is 25.1 Å². The van der Waals surface area contributed by atoms with Crippen molar-refractivity contribution in [2.24, 2.45) is 0 Å². The van der Waals surface area contributed by atoms with Gasteiger partial charge in [0.1, 0.15) is 0 Å². The van der Waals surface area contributed by atoms with Crippen LogP contribution < -0.4 is 10.2 Å². The second-order valence-corrected chi connectivity index (χ2v) is 6.01. The predicted octanol–water partition coefficient (Wildman–Crippen LogP) is 3.88. The maximum absolute atomic E-state index is 13.4. The lowest BCUT2D eigenvalue weighted by molar-refractivity contribution is 0.208. The fourth-order valence-electron chi connectivity index (χ4n) is 2.99. The van der Waals surface area contributed by atoms with Gasteiger partial charge in [0.25, 0.3) is 0 Å². The number of halogens is 2. The molecule has 0 unspecified atom stereocenters. The summed E-state index contributed by atoms with van der Waals surface area (Å²) in [6.07, 6.45) is 0.848.